The largest absolute Gasteiger partial charge is 0.507 e. The van der Waals surface area contributed by atoms with E-state index in [0.717, 1.165) is 42.3 Å². The number of phenolic OH excluding ortho intramolecular Hbond substituents is 1. The molecule has 0 fully saturated rings. The average Bonchev–Trinajstić information content (AvgIpc) is 3.78. The summed E-state index contributed by atoms with van der Waals surface area (Å²) in [6, 6.07) is 15.3. The Hall–Kier alpha value is -5.66. The van der Waals surface area contributed by atoms with E-state index in [4.69, 9.17) is 14.9 Å². The van der Waals surface area contributed by atoms with Crippen molar-refractivity contribution in [3.8, 4) is 11.5 Å². The summed E-state index contributed by atoms with van der Waals surface area (Å²) in [5.41, 5.74) is 2.24. The summed E-state index contributed by atoms with van der Waals surface area (Å²) in [5, 5.41) is 28.2. The van der Waals surface area contributed by atoms with Crippen LogP contribution >= 0.6 is 0 Å². The summed E-state index contributed by atoms with van der Waals surface area (Å²) in [4.78, 5) is 30.4. The number of nitrogens with zero attached hydrogens (tertiary/aromatic N) is 2. The van der Waals surface area contributed by atoms with Gasteiger partial charge >= 0.3 is 24.3 Å². The fourth-order valence-electron chi connectivity index (χ4n) is 6.17. The molecule has 0 aliphatic heterocycles. The van der Waals surface area contributed by atoms with Gasteiger partial charge in [0, 0.05) is 11.1 Å². The molecule has 0 bridgehead atoms. The maximum atomic E-state index is 13.1. The molecule has 0 spiro atoms. The molecule has 0 saturated heterocycles. The molecule has 0 radical (unpaired) electrons. The molecule has 2 aromatic heterocycles. The summed E-state index contributed by atoms with van der Waals surface area (Å²) in [6.45, 7) is 0. The summed E-state index contributed by atoms with van der Waals surface area (Å²) in [7, 11) is 1.41. The number of aromatic hydroxyl groups is 1. The molecule has 51 heavy (non-hydrogen) atoms. The van der Waals surface area contributed by atoms with Gasteiger partial charge in [-0.25, -0.2) is 19.6 Å². The number of methoxy groups -OCH3 is 1. The van der Waals surface area contributed by atoms with E-state index in [1.807, 2.05) is 0 Å². The van der Waals surface area contributed by atoms with Crippen LogP contribution in [-0.4, -0.2) is 44.3 Å². The second kappa shape index (κ2) is 14.7. The molecule has 2 heterocycles. The van der Waals surface area contributed by atoms with E-state index in [-0.39, 0.29) is 22.7 Å². The van der Waals surface area contributed by atoms with Gasteiger partial charge in [-0.15, -0.1) is 0 Å². The number of carboxylic acids is 2. The van der Waals surface area contributed by atoms with Crippen LogP contribution in [0.5, 0.6) is 11.5 Å². The van der Waals surface area contributed by atoms with E-state index in [1.54, 1.807) is 24.3 Å². The van der Waals surface area contributed by atoms with E-state index in [9.17, 15) is 41.0 Å². The molecule has 266 valence electrons. The predicted octanol–water partition coefficient (Wildman–Crippen LogP) is 9.50. The molecule has 4 aromatic rings. The quantitative estimate of drug-likeness (QED) is 0.162. The third-order valence-electron chi connectivity index (χ3n) is 8.49. The Morgan fingerprint density at radius 1 is 0.627 bits per heavy atom. The van der Waals surface area contributed by atoms with Gasteiger partial charge in [0.2, 0.25) is 0 Å². The van der Waals surface area contributed by atoms with Crippen molar-refractivity contribution in [2.24, 2.45) is 0 Å². The molecule has 6 rings (SSSR count). The standard InChI is InChI=1S/C19H16F3NO3.C18H14F3NO3/c1-26-17-9-8-11(19(20,21)22)10-14(17)12-4-2-5-13(12)15-6-3-7-16(23-15)18(24)25;19-18(20,21)10-7-8-16(23)13(9-10)11-3-1-4-12(11)14-5-2-6-15(22-14)17(24)25/h3,6-10H,2,4-5H2,1H3,(H,24,25);2,5-9,23H,1,3-4H2,(H,24,25). The number of hydrogen-bond acceptors (Lipinski definition) is 6. The zero-order valence-corrected chi connectivity index (χ0v) is 26.9. The van der Waals surface area contributed by atoms with Crippen LogP contribution in [0.3, 0.4) is 0 Å². The molecule has 0 atom stereocenters. The van der Waals surface area contributed by atoms with Crippen molar-refractivity contribution in [3.63, 3.8) is 0 Å². The van der Waals surface area contributed by atoms with Crippen LogP contribution in [-0.2, 0) is 12.4 Å². The summed E-state index contributed by atoms with van der Waals surface area (Å²) < 4.78 is 83.5. The van der Waals surface area contributed by atoms with Crippen molar-refractivity contribution < 1.29 is 56.0 Å². The van der Waals surface area contributed by atoms with Gasteiger partial charge in [0.05, 0.1) is 29.6 Å². The first-order chi connectivity index (χ1) is 24.1. The van der Waals surface area contributed by atoms with E-state index in [2.05, 4.69) is 9.97 Å². The zero-order chi connectivity index (χ0) is 37.1. The number of halogens is 6. The summed E-state index contributed by atoms with van der Waals surface area (Å²) >= 11 is 0. The first kappa shape index (κ1) is 36.6. The van der Waals surface area contributed by atoms with Crippen LogP contribution in [0, 0.1) is 0 Å². The highest BCUT2D eigenvalue weighted by molar-refractivity contribution is 5.95. The number of phenols is 1. The van der Waals surface area contributed by atoms with Gasteiger partial charge in [-0.1, -0.05) is 12.1 Å². The molecule has 2 aliphatic rings. The number of allylic oxidation sites excluding steroid dienone is 4. The van der Waals surface area contributed by atoms with Crippen molar-refractivity contribution in [2.45, 2.75) is 50.9 Å². The number of benzene rings is 2. The Morgan fingerprint density at radius 2 is 1.06 bits per heavy atom. The highest BCUT2D eigenvalue weighted by atomic mass is 19.4. The van der Waals surface area contributed by atoms with Crippen LogP contribution in [0.15, 0.2) is 72.8 Å². The lowest BCUT2D eigenvalue weighted by molar-refractivity contribution is -0.138. The summed E-state index contributed by atoms with van der Waals surface area (Å²) in [5.74, 6) is -2.22. The van der Waals surface area contributed by atoms with Gasteiger partial charge in [-0.2, -0.15) is 26.3 Å². The second-order valence-electron chi connectivity index (χ2n) is 11.7. The molecular weight excluding hydrogens is 682 g/mol. The molecule has 0 unspecified atom stereocenters. The SMILES string of the molecule is COc1ccc(C(F)(F)F)cc1C1=C(c2cccc(C(=O)O)n2)CCC1.O=C(O)c1cccc(C2=C(c3cc(C(F)(F)F)ccc3O)CCC2)n1. The molecular formula is C37H30F6N2O6. The number of aromatic nitrogens is 2. The maximum Gasteiger partial charge on any atom is 0.416 e. The number of rotatable bonds is 7. The van der Waals surface area contributed by atoms with Crippen molar-refractivity contribution in [3.05, 3.63) is 118 Å². The normalized spacial score (nSPS) is 14.7. The molecule has 8 nitrogen and oxygen atoms in total. The van der Waals surface area contributed by atoms with Crippen molar-refractivity contribution in [1.82, 2.24) is 9.97 Å². The second-order valence-corrected chi connectivity index (χ2v) is 11.7. The van der Waals surface area contributed by atoms with Gasteiger partial charge in [-0.05, 0) is 121 Å². The topological polar surface area (TPSA) is 130 Å². The minimum absolute atomic E-state index is 0.0998. The van der Waals surface area contributed by atoms with Crippen molar-refractivity contribution in [2.75, 3.05) is 7.11 Å². The third-order valence-corrected chi connectivity index (χ3v) is 8.49. The Balaban J connectivity index is 0.000000198. The lowest BCUT2D eigenvalue weighted by Gasteiger charge is -2.15. The number of hydrogen-bond donors (Lipinski definition) is 3. The predicted molar refractivity (Wildman–Crippen MR) is 175 cm³/mol. The van der Waals surface area contributed by atoms with Gasteiger partial charge in [0.15, 0.2) is 0 Å². The Kier molecular flexibility index (Phi) is 10.5. The number of pyridine rings is 2. The van der Waals surface area contributed by atoms with Crippen LogP contribution < -0.4 is 4.74 Å². The van der Waals surface area contributed by atoms with Gasteiger partial charge in [0.25, 0.3) is 0 Å². The van der Waals surface area contributed by atoms with E-state index in [0.29, 0.717) is 71.5 Å². The van der Waals surface area contributed by atoms with Gasteiger partial charge < -0.3 is 20.1 Å². The van der Waals surface area contributed by atoms with Crippen LogP contribution in [0.1, 0.15) is 93.1 Å². The third kappa shape index (κ3) is 8.22. The van der Waals surface area contributed by atoms with E-state index >= 15 is 0 Å². The minimum atomic E-state index is -4.51. The Morgan fingerprint density at radius 3 is 1.51 bits per heavy atom. The van der Waals surface area contributed by atoms with Crippen LogP contribution in [0.25, 0.3) is 22.3 Å². The highest BCUT2D eigenvalue weighted by Crippen LogP contribution is 2.45. The van der Waals surface area contributed by atoms with Crippen LogP contribution in [0.2, 0.25) is 0 Å². The first-order valence-corrected chi connectivity index (χ1v) is 15.6. The van der Waals surface area contributed by atoms with Gasteiger partial charge in [-0.3, -0.25) is 0 Å². The number of alkyl halides is 6. The van der Waals surface area contributed by atoms with E-state index in [1.165, 1.54) is 25.3 Å². The number of carbonyl (C=O) groups is 2. The fourth-order valence-corrected chi connectivity index (χ4v) is 6.17. The Labute approximate surface area is 287 Å². The van der Waals surface area contributed by atoms with Crippen molar-refractivity contribution >= 4 is 34.2 Å². The monoisotopic (exact) mass is 712 g/mol. The minimum Gasteiger partial charge on any atom is -0.507 e. The molecule has 3 N–H and O–H groups in total. The average molecular weight is 713 g/mol. The van der Waals surface area contributed by atoms with Crippen LogP contribution in [0.4, 0.5) is 26.3 Å². The molecule has 2 aromatic carbocycles. The van der Waals surface area contributed by atoms with Gasteiger partial charge in [0.1, 0.15) is 22.9 Å². The number of carboxylic acid groups (broad SMARTS) is 2. The Bertz CT molecular complexity index is 2050. The summed E-state index contributed by atoms with van der Waals surface area (Å²) in [6.07, 6.45) is -5.28. The lowest BCUT2D eigenvalue weighted by atomic mass is 9.97. The fraction of sp³-hybridized carbons (Fsp3) is 0.243. The highest BCUT2D eigenvalue weighted by Gasteiger charge is 2.33. The van der Waals surface area contributed by atoms with Crippen molar-refractivity contribution in [1.29, 1.82) is 0 Å². The molecule has 0 amide bonds. The zero-order valence-electron chi connectivity index (χ0n) is 26.9. The first-order valence-electron chi connectivity index (χ1n) is 15.6. The molecule has 0 saturated carbocycles. The smallest absolute Gasteiger partial charge is 0.416 e. The molecule has 14 heteroatoms. The number of ether oxygens (including phenoxy) is 1. The lowest BCUT2D eigenvalue weighted by Crippen LogP contribution is -2.06. The van der Waals surface area contributed by atoms with E-state index < -0.39 is 35.4 Å². The maximum absolute atomic E-state index is 13.1. The molecule has 2 aliphatic carbocycles. The number of aromatic carboxylic acids is 2.